The average Bonchev–Trinajstić information content (AvgIpc) is 2.72. The molecule has 3 aromatic rings. The largest absolute Gasteiger partial charge is 0.508 e. The maximum Gasteiger partial charge on any atom is 0.147 e. The van der Waals surface area contributed by atoms with Crippen molar-refractivity contribution in [3.8, 4) is 16.9 Å². The highest BCUT2D eigenvalue weighted by Crippen LogP contribution is 2.25. The quantitative estimate of drug-likeness (QED) is 0.738. The first-order valence-electron chi connectivity index (χ1n) is 9.77. The number of fused-ring (bicyclic) bond motifs is 1. The van der Waals surface area contributed by atoms with E-state index in [2.05, 4.69) is 39.8 Å². The number of likely N-dealkylation sites (N-methyl/N-ethyl adjacent to an activating group) is 1. The summed E-state index contributed by atoms with van der Waals surface area (Å²) >= 11 is 0. The fourth-order valence-electron chi connectivity index (χ4n) is 3.53. The molecule has 0 saturated carbocycles. The van der Waals surface area contributed by atoms with Crippen molar-refractivity contribution in [3.63, 3.8) is 0 Å². The van der Waals surface area contributed by atoms with Gasteiger partial charge >= 0.3 is 0 Å². The molecule has 2 heterocycles. The van der Waals surface area contributed by atoms with Gasteiger partial charge in [0.2, 0.25) is 0 Å². The Morgan fingerprint density at radius 2 is 1.64 bits per heavy atom. The highest BCUT2D eigenvalue weighted by atomic mass is 16.3. The third-order valence-electron chi connectivity index (χ3n) is 5.29. The van der Waals surface area contributed by atoms with Crippen molar-refractivity contribution in [2.45, 2.75) is 0 Å². The number of anilines is 1. The summed E-state index contributed by atoms with van der Waals surface area (Å²) in [5.41, 5.74) is 3.93. The summed E-state index contributed by atoms with van der Waals surface area (Å²) in [6, 6.07) is 13.4. The molecule has 0 unspecified atom stereocenters. The van der Waals surface area contributed by atoms with Gasteiger partial charge in [0, 0.05) is 39.3 Å². The molecule has 1 aromatic heterocycles. The van der Waals surface area contributed by atoms with Gasteiger partial charge in [0.05, 0.1) is 17.2 Å². The van der Waals surface area contributed by atoms with E-state index in [-0.39, 0.29) is 5.75 Å². The Labute approximate surface area is 166 Å². The van der Waals surface area contributed by atoms with Crippen LogP contribution >= 0.6 is 0 Å². The van der Waals surface area contributed by atoms with Gasteiger partial charge in [-0.25, -0.2) is 4.98 Å². The molecule has 0 amide bonds. The highest BCUT2D eigenvalue weighted by molar-refractivity contribution is 5.82. The zero-order valence-corrected chi connectivity index (χ0v) is 16.5. The first-order valence-corrected chi connectivity index (χ1v) is 9.77. The van der Waals surface area contributed by atoms with Gasteiger partial charge in [-0.15, -0.1) is 0 Å². The third kappa shape index (κ3) is 4.24. The SMILES string of the molecule is CN(C)CCN1CCN(c2cnc3ccc(-c4ccc(O)cc4)cc3n2)CC1. The second-order valence-electron chi connectivity index (χ2n) is 7.61. The van der Waals surface area contributed by atoms with Gasteiger partial charge in [-0.05, 0) is 49.5 Å². The van der Waals surface area contributed by atoms with Gasteiger partial charge in [0.25, 0.3) is 0 Å². The molecule has 0 radical (unpaired) electrons. The van der Waals surface area contributed by atoms with E-state index in [1.54, 1.807) is 12.1 Å². The maximum absolute atomic E-state index is 9.50. The molecule has 6 heteroatoms. The van der Waals surface area contributed by atoms with E-state index in [0.29, 0.717) is 0 Å². The minimum atomic E-state index is 0.274. The molecular weight excluding hydrogens is 350 g/mol. The van der Waals surface area contributed by atoms with E-state index in [9.17, 15) is 5.11 Å². The molecular formula is C22H27N5O. The zero-order chi connectivity index (χ0) is 19.5. The topological polar surface area (TPSA) is 55.7 Å². The molecule has 0 spiro atoms. The van der Waals surface area contributed by atoms with Crippen LogP contribution in [0.25, 0.3) is 22.2 Å². The minimum absolute atomic E-state index is 0.274. The molecule has 4 rings (SSSR count). The van der Waals surface area contributed by atoms with Gasteiger partial charge in [-0.3, -0.25) is 9.88 Å². The summed E-state index contributed by atoms with van der Waals surface area (Å²) in [7, 11) is 4.24. The number of phenols is 1. The Kier molecular flexibility index (Phi) is 5.41. The lowest BCUT2D eigenvalue weighted by Gasteiger charge is -2.35. The van der Waals surface area contributed by atoms with Crippen LogP contribution in [-0.4, -0.2) is 78.2 Å². The van der Waals surface area contributed by atoms with Gasteiger partial charge in [0.15, 0.2) is 0 Å². The third-order valence-corrected chi connectivity index (χ3v) is 5.29. The van der Waals surface area contributed by atoms with Crippen molar-refractivity contribution in [2.75, 3.05) is 58.3 Å². The van der Waals surface area contributed by atoms with E-state index in [1.807, 2.05) is 30.5 Å². The average molecular weight is 377 g/mol. The summed E-state index contributed by atoms with van der Waals surface area (Å²) in [4.78, 5) is 16.6. The fourth-order valence-corrected chi connectivity index (χ4v) is 3.53. The van der Waals surface area contributed by atoms with Crippen molar-refractivity contribution >= 4 is 16.9 Å². The Morgan fingerprint density at radius 3 is 2.36 bits per heavy atom. The van der Waals surface area contributed by atoms with Crippen LogP contribution in [0.5, 0.6) is 5.75 Å². The first-order chi connectivity index (χ1) is 13.6. The lowest BCUT2D eigenvalue weighted by atomic mass is 10.0. The van der Waals surface area contributed by atoms with Gasteiger partial charge < -0.3 is 14.9 Å². The van der Waals surface area contributed by atoms with E-state index in [0.717, 1.165) is 67.2 Å². The lowest BCUT2D eigenvalue weighted by molar-refractivity contribution is 0.229. The summed E-state index contributed by atoms with van der Waals surface area (Å²) in [5.74, 6) is 1.22. The monoisotopic (exact) mass is 377 g/mol. The lowest BCUT2D eigenvalue weighted by Crippen LogP contribution is -2.48. The number of nitrogens with zero attached hydrogens (tertiary/aromatic N) is 5. The van der Waals surface area contributed by atoms with Crippen molar-refractivity contribution in [3.05, 3.63) is 48.7 Å². The molecule has 28 heavy (non-hydrogen) atoms. The number of aromatic nitrogens is 2. The molecule has 146 valence electrons. The summed E-state index contributed by atoms with van der Waals surface area (Å²) < 4.78 is 0. The molecule has 1 aliphatic rings. The van der Waals surface area contributed by atoms with Crippen molar-refractivity contribution < 1.29 is 5.11 Å². The van der Waals surface area contributed by atoms with Crippen LogP contribution in [0.2, 0.25) is 0 Å². The Balaban J connectivity index is 1.50. The molecule has 6 nitrogen and oxygen atoms in total. The predicted octanol–water partition coefficient (Wildman–Crippen LogP) is 2.69. The number of hydrogen-bond acceptors (Lipinski definition) is 6. The van der Waals surface area contributed by atoms with Crippen LogP contribution in [0, 0.1) is 0 Å². The van der Waals surface area contributed by atoms with Gasteiger partial charge in [-0.2, -0.15) is 0 Å². The summed E-state index contributed by atoms with van der Waals surface area (Å²) in [6.45, 7) is 6.27. The number of aromatic hydroxyl groups is 1. The maximum atomic E-state index is 9.50. The normalized spacial score (nSPS) is 15.5. The van der Waals surface area contributed by atoms with Crippen LogP contribution in [0.1, 0.15) is 0 Å². The Morgan fingerprint density at radius 1 is 0.929 bits per heavy atom. The van der Waals surface area contributed by atoms with Crippen molar-refractivity contribution in [1.29, 1.82) is 0 Å². The summed E-state index contributed by atoms with van der Waals surface area (Å²) in [5, 5.41) is 9.50. The van der Waals surface area contributed by atoms with Crippen molar-refractivity contribution in [2.24, 2.45) is 0 Å². The van der Waals surface area contributed by atoms with E-state index in [4.69, 9.17) is 4.98 Å². The van der Waals surface area contributed by atoms with Crippen LogP contribution in [-0.2, 0) is 0 Å². The number of piperazine rings is 1. The number of phenolic OH excluding ortho intramolecular Hbond substituents is 1. The second kappa shape index (κ2) is 8.12. The standard InChI is InChI=1S/C22H27N5O/c1-25(2)9-10-26-11-13-27(14-12-26)22-16-23-20-8-5-18(15-21(20)24-22)17-3-6-19(28)7-4-17/h3-8,15-16,28H,9-14H2,1-2H3. The van der Waals surface area contributed by atoms with Crippen molar-refractivity contribution in [1.82, 2.24) is 19.8 Å². The summed E-state index contributed by atoms with van der Waals surface area (Å²) in [6.07, 6.45) is 1.89. The Hall–Kier alpha value is -2.70. The van der Waals surface area contributed by atoms with E-state index < -0.39 is 0 Å². The van der Waals surface area contributed by atoms with E-state index >= 15 is 0 Å². The van der Waals surface area contributed by atoms with Gasteiger partial charge in [-0.1, -0.05) is 18.2 Å². The second-order valence-corrected chi connectivity index (χ2v) is 7.61. The molecule has 0 aliphatic carbocycles. The zero-order valence-electron chi connectivity index (χ0n) is 16.5. The molecule has 0 bridgehead atoms. The predicted molar refractivity (Wildman–Crippen MR) is 114 cm³/mol. The number of benzene rings is 2. The Bertz CT molecular complexity index is 933. The van der Waals surface area contributed by atoms with Crippen LogP contribution in [0.15, 0.2) is 48.7 Å². The van der Waals surface area contributed by atoms with Gasteiger partial charge in [0.1, 0.15) is 11.6 Å². The molecule has 1 fully saturated rings. The molecule has 1 N–H and O–H groups in total. The molecule has 1 saturated heterocycles. The highest BCUT2D eigenvalue weighted by Gasteiger charge is 2.18. The van der Waals surface area contributed by atoms with E-state index in [1.165, 1.54) is 0 Å². The number of hydrogen-bond donors (Lipinski definition) is 1. The number of rotatable bonds is 5. The van der Waals surface area contributed by atoms with Crippen LogP contribution in [0.4, 0.5) is 5.82 Å². The van der Waals surface area contributed by atoms with Crippen LogP contribution < -0.4 is 4.90 Å². The molecule has 0 atom stereocenters. The van der Waals surface area contributed by atoms with Crippen LogP contribution in [0.3, 0.4) is 0 Å². The smallest absolute Gasteiger partial charge is 0.147 e. The first kappa shape index (κ1) is 18.7. The fraction of sp³-hybridized carbons (Fsp3) is 0.364. The minimum Gasteiger partial charge on any atom is -0.508 e. The molecule has 2 aromatic carbocycles. The molecule has 1 aliphatic heterocycles.